The minimum absolute atomic E-state index is 0.0317. The van der Waals surface area contributed by atoms with Crippen LogP contribution in [0.2, 0.25) is 0 Å². The first-order valence-electron chi connectivity index (χ1n) is 12.8. The van der Waals surface area contributed by atoms with Gasteiger partial charge in [0.05, 0.1) is 42.1 Å². The average Bonchev–Trinajstić information content (AvgIpc) is 3.39. The topological polar surface area (TPSA) is 116 Å². The largest absolute Gasteiger partial charge is 0.378 e. The van der Waals surface area contributed by atoms with Gasteiger partial charge in [-0.3, -0.25) is 9.78 Å². The summed E-state index contributed by atoms with van der Waals surface area (Å²) in [7, 11) is 0. The SMILES string of the molecule is CC1=C(c2nc3c(c(N4CCOCC4)n2)CNC3)C(C)C(NC(=O)c2ccnc(C(C)(C)C#N)c2)C=C1. The Morgan fingerprint density at radius 1 is 1.27 bits per heavy atom. The molecule has 4 heterocycles. The summed E-state index contributed by atoms with van der Waals surface area (Å²) in [5.41, 5.74) is 4.62. The molecule has 2 aromatic rings. The highest BCUT2D eigenvalue weighted by atomic mass is 16.5. The molecule has 9 heteroatoms. The fourth-order valence-corrected chi connectivity index (χ4v) is 5.11. The zero-order chi connectivity index (χ0) is 26.2. The number of nitrogens with zero attached hydrogens (tertiary/aromatic N) is 5. The fourth-order valence-electron chi connectivity index (χ4n) is 5.11. The number of carbonyl (C=O) groups excluding carboxylic acids is 1. The summed E-state index contributed by atoms with van der Waals surface area (Å²) in [6.45, 7) is 12.3. The van der Waals surface area contributed by atoms with Crippen LogP contribution in [0.3, 0.4) is 0 Å². The van der Waals surface area contributed by atoms with E-state index in [1.54, 1.807) is 32.2 Å². The van der Waals surface area contributed by atoms with Crippen molar-refractivity contribution in [3.05, 3.63) is 64.4 Å². The number of fused-ring (bicyclic) bond motifs is 1. The van der Waals surface area contributed by atoms with Crippen LogP contribution in [0.25, 0.3) is 5.57 Å². The van der Waals surface area contributed by atoms with Gasteiger partial charge in [0.15, 0.2) is 5.82 Å². The number of carbonyl (C=O) groups is 1. The third kappa shape index (κ3) is 4.87. The number of morpholine rings is 1. The zero-order valence-corrected chi connectivity index (χ0v) is 21.8. The summed E-state index contributed by atoms with van der Waals surface area (Å²) in [6.07, 6.45) is 5.65. The third-order valence-electron chi connectivity index (χ3n) is 7.43. The number of hydrogen-bond donors (Lipinski definition) is 2. The van der Waals surface area contributed by atoms with Gasteiger partial charge in [0.1, 0.15) is 5.82 Å². The zero-order valence-electron chi connectivity index (χ0n) is 21.8. The van der Waals surface area contributed by atoms with E-state index in [9.17, 15) is 10.1 Å². The van der Waals surface area contributed by atoms with E-state index in [0.717, 1.165) is 54.7 Å². The van der Waals surface area contributed by atoms with Crippen molar-refractivity contribution in [2.24, 2.45) is 5.92 Å². The number of amides is 1. The summed E-state index contributed by atoms with van der Waals surface area (Å²) in [5.74, 6) is 1.47. The molecule has 37 heavy (non-hydrogen) atoms. The van der Waals surface area contributed by atoms with E-state index in [-0.39, 0.29) is 17.9 Å². The predicted molar refractivity (Wildman–Crippen MR) is 141 cm³/mol. The van der Waals surface area contributed by atoms with Crippen LogP contribution < -0.4 is 15.5 Å². The number of aromatic nitrogens is 3. The van der Waals surface area contributed by atoms with Crippen LogP contribution in [0.1, 0.15) is 60.8 Å². The fraction of sp³-hybridized carbons (Fsp3) is 0.464. The van der Waals surface area contributed by atoms with E-state index in [1.807, 2.05) is 12.2 Å². The van der Waals surface area contributed by atoms with Crippen LogP contribution >= 0.6 is 0 Å². The van der Waals surface area contributed by atoms with Crippen molar-refractivity contribution in [2.75, 3.05) is 31.2 Å². The Morgan fingerprint density at radius 2 is 2.05 bits per heavy atom. The number of rotatable bonds is 5. The van der Waals surface area contributed by atoms with Gasteiger partial charge in [0, 0.05) is 55.0 Å². The van der Waals surface area contributed by atoms with Gasteiger partial charge in [-0.1, -0.05) is 19.1 Å². The lowest BCUT2D eigenvalue weighted by Crippen LogP contribution is -2.40. The third-order valence-corrected chi connectivity index (χ3v) is 7.43. The lowest BCUT2D eigenvalue weighted by molar-refractivity contribution is 0.0938. The highest BCUT2D eigenvalue weighted by molar-refractivity contribution is 5.95. The van der Waals surface area contributed by atoms with Crippen molar-refractivity contribution in [1.82, 2.24) is 25.6 Å². The van der Waals surface area contributed by atoms with Gasteiger partial charge < -0.3 is 20.3 Å². The first-order valence-corrected chi connectivity index (χ1v) is 12.8. The number of ether oxygens (including phenoxy) is 1. The number of pyridine rings is 1. The summed E-state index contributed by atoms with van der Waals surface area (Å²) in [4.78, 5) is 29.9. The molecule has 9 nitrogen and oxygen atoms in total. The highest BCUT2D eigenvalue weighted by Crippen LogP contribution is 2.35. The molecule has 1 aliphatic carbocycles. The van der Waals surface area contributed by atoms with E-state index in [4.69, 9.17) is 14.7 Å². The van der Waals surface area contributed by atoms with Crippen LogP contribution in [0.15, 0.2) is 36.1 Å². The summed E-state index contributed by atoms with van der Waals surface area (Å²) < 4.78 is 5.56. The van der Waals surface area contributed by atoms with Crippen LogP contribution in [0.5, 0.6) is 0 Å². The van der Waals surface area contributed by atoms with Gasteiger partial charge in [-0.25, -0.2) is 9.97 Å². The molecule has 5 rings (SSSR count). The monoisotopic (exact) mass is 499 g/mol. The van der Waals surface area contributed by atoms with Crippen LogP contribution in [-0.2, 0) is 23.2 Å². The van der Waals surface area contributed by atoms with Crippen molar-refractivity contribution in [2.45, 2.75) is 52.2 Å². The molecule has 0 bridgehead atoms. The van der Waals surface area contributed by atoms with Gasteiger partial charge in [-0.05, 0) is 38.5 Å². The van der Waals surface area contributed by atoms with Gasteiger partial charge >= 0.3 is 0 Å². The quantitative estimate of drug-likeness (QED) is 0.645. The molecule has 2 atom stereocenters. The maximum atomic E-state index is 13.2. The Kier molecular flexibility index (Phi) is 6.80. The molecule has 2 aliphatic heterocycles. The normalized spacial score (nSPS) is 21.5. The molecule has 2 N–H and O–H groups in total. The standard InChI is InChI=1S/C28H33N7O2/c1-17-5-6-21(33-27(36)19-7-8-31-23(13-19)28(3,4)16-29)18(2)24(17)25-32-22-15-30-14-20(22)26(34-25)35-9-11-37-12-10-35/h5-8,13,18,21,30H,9-12,14-15H2,1-4H3,(H,33,36). The minimum atomic E-state index is -0.778. The smallest absolute Gasteiger partial charge is 0.251 e. The van der Waals surface area contributed by atoms with Crippen molar-refractivity contribution in [3.63, 3.8) is 0 Å². The second-order valence-corrected chi connectivity index (χ2v) is 10.4. The number of allylic oxidation sites excluding steroid dienone is 2. The van der Waals surface area contributed by atoms with Crippen molar-refractivity contribution in [1.29, 1.82) is 5.26 Å². The van der Waals surface area contributed by atoms with E-state index in [2.05, 4.69) is 40.4 Å². The number of hydrogen-bond acceptors (Lipinski definition) is 8. The predicted octanol–water partition coefficient (Wildman–Crippen LogP) is 2.89. The van der Waals surface area contributed by atoms with Gasteiger partial charge in [-0.2, -0.15) is 5.26 Å². The molecule has 192 valence electrons. The Labute approximate surface area is 217 Å². The van der Waals surface area contributed by atoms with Crippen LogP contribution in [0.4, 0.5) is 5.82 Å². The average molecular weight is 500 g/mol. The number of nitrogens with one attached hydrogen (secondary N) is 2. The van der Waals surface area contributed by atoms with E-state index < -0.39 is 5.41 Å². The van der Waals surface area contributed by atoms with Crippen molar-refractivity contribution >= 4 is 17.3 Å². The Bertz CT molecular complexity index is 1320. The van der Waals surface area contributed by atoms with Crippen LogP contribution in [-0.4, -0.2) is 53.2 Å². The van der Waals surface area contributed by atoms with Gasteiger partial charge in [0.25, 0.3) is 5.91 Å². The summed E-state index contributed by atoms with van der Waals surface area (Å²) >= 11 is 0. The molecular formula is C28H33N7O2. The molecule has 1 saturated heterocycles. The van der Waals surface area contributed by atoms with Gasteiger partial charge in [0.2, 0.25) is 0 Å². The second kappa shape index (κ2) is 10.0. The molecule has 2 aromatic heterocycles. The Morgan fingerprint density at radius 3 is 2.81 bits per heavy atom. The highest BCUT2D eigenvalue weighted by Gasteiger charge is 2.31. The molecule has 0 spiro atoms. The molecule has 1 fully saturated rings. The van der Waals surface area contributed by atoms with E-state index in [1.165, 1.54) is 5.56 Å². The molecule has 3 aliphatic rings. The summed E-state index contributed by atoms with van der Waals surface area (Å²) in [5, 5.41) is 16.1. The molecule has 0 aromatic carbocycles. The lowest BCUT2D eigenvalue weighted by atomic mass is 9.84. The van der Waals surface area contributed by atoms with Crippen molar-refractivity contribution < 1.29 is 9.53 Å². The molecular weight excluding hydrogens is 466 g/mol. The van der Waals surface area contributed by atoms with Gasteiger partial charge in [-0.15, -0.1) is 0 Å². The molecule has 0 radical (unpaired) electrons. The first-order chi connectivity index (χ1) is 17.8. The maximum Gasteiger partial charge on any atom is 0.251 e. The second-order valence-electron chi connectivity index (χ2n) is 10.4. The molecule has 1 amide bonds. The van der Waals surface area contributed by atoms with E-state index >= 15 is 0 Å². The number of anilines is 1. The molecule has 2 unspecified atom stereocenters. The minimum Gasteiger partial charge on any atom is -0.378 e. The number of nitriles is 1. The summed E-state index contributed by atoms with van der Waals surface area (Å²) in [6, 6.07) is 5.39. The Hall–Kier alpha value is -3.61. The van der Waals surface area contributed by atoms with Crippen molar-refractivity contribution in [3.8, 4) is 6.07 Å². The van der Waals surface area contributed by atoms with E-state index in [0.29, 0.717) is 24.5 Å². The maximum absolute atomic E-state index is 13.2. The molecule has 0 saturated carbocycles. The van der Waals surface area contributed by atoms with Crippen LogP contribution in [0, 0.1) is 17.2 Å². The first kappa shape index (κ1) is 25.1. The Balaban J connectivity index is 1.42. The lowest BCUT2D eigenvalue weighted by Gasteiger charge is -2.32.